The molecule has 0 fully saturated rings. The van der Waals surface area contributed by atoms with Crippen molar-refractivity contribution in [2.75, 3.05) is 5.32 Å². The Morgan fingerprint density at radius 3 is 2.68 bits per heavy atom. The Labute approximate surface area is 108 Å². The van der Waals surface area contributed by atoms with Crippen LogP contribution >= 0.6 is 0 Å². The van der Waals surface area contributed by atoms with E-state index < -0.39 is 11.0 Å². The van der Waals surface area contributed by atoms with Gasteiger partial charge in [-0.3, -0.25) is 15.2 Å². The number of hydrogen-bond acceptors (Lipinski definition) is 4. The zero-order chi connectivity index (χ0) is 13.7. The van der Waals surface area contributed by atoms with Crippen molar-refractivity contribution in [3.05, 3.63) is 52.3 Å². The van der Waals surface area contributed by atoms with Crippen molar-refractivity contribution in [1.82, 2.24) is 15.5 Å². The molecule has 0 radical (unpaired) electrons. The van der Waals surface area contributed by atoms with E-state index in [9.17, 15) is 14.9 Å². The Morgan fingerprint density at radius 2 is 2.11 bits per heavy atom. The average Bonchev–Trinajstić information content (AvgIpc) is 2.90. The standard InChI is InChI=1S/C11H11N5O3/c17-11(12-5-8-6-13-14-7-8)15-9-1-3-10(4-2-9)16(18)19/h1-4,6-7H,5H2,(H,13,14)(H2,12,15,17). The molecule has 1 heterocycles. The second kappa shape index (κ2) is 5.63. The fourth-order valence-corrected chi connectivity index (χ4v) is 1.40. The fourth-order valence-electron chi connectivity index (χ4n) is 1.40. The van der Waals surface area contributed by atoms with Crippen LogP contribution in [0.2, 0.25) is 0 Å². The van der Waals surface area contributed by atoms with Gasteiger partial charge in [-0.15, -0.1) is 0 Å². The molecule has 0 spiro atoms. The number of amides is 2. The topological polar surface area (TPSA) is 113 Å². The van der Waals surface area contributed by atoms with Crippen LogP contribution in [-0.2, 0) is 6.54 Å². The van der Waals surface area contributed by atoms with Crippen molar-refractivity contribution in [3.8, 4) is 0 Å². The Kier molecular flexibility index (Phi) is 3.72. The molecule has 0 aliphatic carbocycles. The maximum atomic E-state index is 11.5. The summed E-state index contributed by atoms with van der Waals surface area (Å²) in [4.78, 5) is 21.5. The first-order chi connectivity index (χ1) is 9.15. The molecule has 2 amide bonds. The van der Waals surface area contributed by atoms with Gasteiger partial charge >= 0.3 is 6.03 Å². The summed E-state index contributed by atoms with van der Waals surface area (Å²) in [5, 5.41) is 22.0. The van der Waals surface area contributed by atoms with Crippen LogP contribution in [0, 0.1) is 10.1 Å². The number of nitrogens with one attached hydrogen (secondary N) is 3. The van der Waals surface area contributed by atoms with Crippen molar-refractivity contribution < 1.29 is 9.72 Å². The molecule has 1 aromatic carbocycles. The van der Waals surface area contributed by atoms with Crippen molar-refractivity contribution in [2.24, 2.45) is 0 Å². The molecular weight excluding hydrogens is 250 g/mol. The van der Waals surface area contributed by atoms with E-state index in [-0.39, 0.29) is 5.69 Å². The number of non-ortho nitro benzene ring substituents is 1. The van der Waals surface area contributed by atoms with Gasteiger partial charge < -0.3 is 10.6 Å². The van der Waals surface area contributed by atoms with Gasteiger partial charge in [0.1, 0.15) is 0 Å². The summed E-state index contributed by atoms with van der Waals surface area (Å²) in [5.41, 5.74) is 1.30. The Balaban J connectivity index is 1.86. The van der Waals surface area contributed by atoms with Crippen LogP contribution in [0.1, 0.15) is 5.56 Å². The normalized spacial score (nSPS) is 9.89. The molecule has 1 aromatic heterocycles. The summed E-state index contributed by atoms with van der Waals surface area (Å²) >= 11 is 0. The number of H-pyrrole nitrogens is 1. The van der Waals surface area contributed by atoms with E-state index in [4.69, 9.17) is 0 Å². The van der Waals surface area contributed by atoms with E-state index in [1.165, 1.54) is 24.3 Å². The van der Waals surface area contributed by atoms with E-state index in [1.807, 2.05) is 0 Å². The van der Waals surface area contributed by atoms with Crippen LogP contribution in [0.3, 0.4) is 0 Å². The third-order valence-electron chi connectivity index (χ3n) is 2.34. The third kappa shape index (κ3) is 3.53. The molecule has 2 aromatic rings. The molecule has 0 bridgehead atoms. The zero-order valence-electron chi connectivity index (χ0n) is 9.79. The highest BCUT2D eigenvalue weighted by molar-refractivity contribution is 5.89. The molecule has 19 heavy (non-hydrogen) atoms. The van der Waals surface area contributed by atoms with Crippen LogP contribution in [0.25, 0.3) is 0 Å². The number of benzene rings is 1. The molecule has 0 saturated carbocycles. The molecule has 0 saturated heterocycles. The van der Waals surface area contributed by atoms with Gasteiger partial charge in [0.05, 0.1) is 11.1 Å². The van der Waals surface area contributed by atoms with Crippen LogP contribution < -0.4 is 10.6 Å². The highest BCUT2D eigenvalue weighted by Crippen LogP contribution is 2.15. The van der Waals surface area contributed by atoms with Gasteiger partial charge in [-0.1, -0.05) is 0 Å². The molecule has 3 N–H and O–H groups in total. The first-order valence-electron chi connectivity index (χ1n) is 5.42. The number of nitro groups is 1. The predicted molar refractivity (Wildman–Crippen MR) is 67.5 cm³/mol. The largest absolute Gasteiger partial charge is 0.334 e. The lowest BCUT2D eigenvalue weighted by Gasteiger charge is -2.06. The molecule has 8 heteroatoms. The lowest BCUT2D eigenvalue weighted by molar-refractivity contribution is -0.384. The molecule has 8 nitrogen and oxygen atoms in total. The number of anilines is 1. The van der Waals surface area contributed by atoms with Gasteiger partial charge in [0.15, 0.2) is 0 Å². The minimum Gasteiger partial charge on any atom is -0.334 e. The van der Waals surface area contributed by atoms with Crippen LogP contribution in [0.15, 0.2) is 36.7 Å². The van der Waals surface area contributed by atoms with E-state index in [0.717, 1.165) is 5.56 Å². The quantitative estimate of drug-likeness (QED) is 0.573. The molecule has 0 aliphatic rings. The van der Waals surface area contributed by atoms with Crippen LogP contribution in [0.5, 0.6) is 0 Å². The third-order valence-corrected chi connectivity index (χ3v) is 2.34. The summed E-state index contributed by atoms with van der Waals surface area (Å²) in [6, 6.07) is 5.19. The summed E-state index contributed by atoms with van der Waals surface area (Å²) in [6.07, 6.45) is 3.28. The summed E-state index contributed by atoms with van der Waals surface area (Å²) in [7, 11) is 0. The first-order valence-corrected chi connectivity index (χ1v) is 5.42. The second-order valence-electron chi connectivity index (χ2n) is 3.72. The van der Waals surface area contributed by atoms with Crippen molar-refractivity contribution in [2.45, 2.75) is 6.54 Å². The van der Waals surface area contributed by atoms with Gasteiger partial charge in [0, 0.05) is 36.1 Å². The minimum atomic E-state index is -0.497. The fraction of sp³-hybridized carbons (Fsp3) is 0.0909. The van der Waals surface area contributed by atoms with E-state index in [2.05, 4.69) is 20.8 Å². The van der Waals surface area contributed by atoms with Gasteiger partial charge in [-0.25, -0.2) is 4.79 Å². The van der Waals surface area contributed by atoms with E-state index >= 15 is 0 Å². The maximum Gasteiger partial charge on any atom is 0.319 e. The molecule has 98 valence electrons. The molecule has 0 unspecified atom stereocenters. The van der Waals surface area contributed by atoms with Crippen molar-refractivity contribution >= 4 is 17.4 Å². The molecule has 0 aliphatic heterocycles. The molecular formula is C11H11N5O3. The molecule has 0 atom stereocenters. The van der Waals surface area contributed by atoms with Crippen molar-refractivity contribution in [1.29, 1.82) is 0 Å². The molecule has 2 rings (SSSR count). The summed E-state index contributed by atoms with van der Waals surface area (Å²) < 4.78 is 0. The van der Waals surface area contributed by atoms with Gasteiger partial charge in [0.25, 0.3) is 5.69 Å². The first kappa shape index (κ1) is 12.6. The van der Waals surface area contributed by atoms with Crippen molar-refractivity contribution in [3.63, 3.8) is 0 Å². The smallest absolute Gasteiger partial charge is 0.319 e. The maximum absolute atomic E-state index is 11.5. The number of carbonyl (C=O) groups is 1. The number of carbonyl (C=O) groups excluding carboxylic acids is 1. The number of aromatic nitrogens is 2. The summed E-state index contributed by atoms with van der Waals surface area (Å²) in [5.74, 6) is 0. The highest BCUT2D eigenvalue weighted by Gasteiger charge is 2.06. The van der Waals surface area contributed by atoms with Crippen LogP contribution in [0.4, 0.5) is 16.2 Å². The number of urea groups is 1. The Bertz CT molecular complexity index is 565. The lowest BCUT2D eigenvalue weighted by atomic mass is 10.3. The van der Waals surface area contributed by atoms with Gasteiger partial charge in [0.2, 0.25) is 0 Å². The Hall–Kier alpha value is -2.90. The zero-order valence-corrected chi connectivity index (χ0v) is 9.79. The van der Waals surface area contributed by atoms with Crippen LogP contribution in [-0.4, -0.2) is 21.2 Å². The van der Waals surface area contributed by atoms with Gasteiger partial charge in [-0.05, 0) is 12.1 Å². The number of nitro benzene ring substituents is 1. The number of aromatic amines is 1. The van der Waals surface area contributed by atoms with E-state index in [1.54, 1.807) is 12.4 Å². The van der Waals surface area contributed by atoms with E-state index in [0.29, 0.717) is 12.2 Å². The number of nitrogens with zero attached hydrogens (tertiary/aromatic N) is 2. The predicted octanol–water partition coefficient (Wildman–Crippen LogP) is 1.64. The SMILES string of the molecule is O=C(NCc1cn[nH]c1)Nc1ccc([N+](=O)[O-])cc1. The minimum absolute atomic E-state index is 0.0237. The lowest BCUT2D eigenvalue weighted by Crippen LogP contribution is -2.27. The van der Waals surface area contributed by atoms with Gasteiger partial charge in [-0.2, -0.15) is 5.10 Å². The monoisotopic (exact) mass is 261 g/mol. The number of hydrogen-bond donors (Lipinski definition) is 3. The average molecular weight is 261 g/mol. The highest BCUT2D eigenvalue weighted by atomic mass is 16.6. The number of rotatable bonds is 4. The summed E-state index contributed by atoms with van der Waals surface area (Å²) in [6.45, 7) is 0.343. The second-order valence-corrected chi connectivity index (χ2v) is 3.72. The Morgan fingerprint density at radius 1 is 1.37 bits per heavy atom.